The average Bonchev–Trinajstić information content (AvgIpc) is 3.37. The molecule has 168 valence electrons. The first-order chi connectivity index (χ1) is 15.7. The summed E-state index contributed by atoms with van der Waals surface area (Å²) in [6.45, 7) is 8.92. The predicted molar refractivity (Wildman–Crippen MR) is 121 cm³/mol. The number of hydrogen-bond donors (Lipinski definition) is 2. The van der Waals surface area contributed by atoms with E-state index in [9.17, 15) is 14.4 Å². The zero-order valence-corrected chi connectivity index (χ0v) is 18.5. The van der Waals surface area contributed by atoms with Crippen LogP contribution >= 0.6 is 0 Å². The smallest absolute Gasteiger partial charge is 0.268 e. The Morgan fingerprint density at radius 1 is 1.15 bits per heavy atom. The Kier molecular flexibility index (Phi) is 5.78. The van der Waals surface area contributed by atoms with Gasteiger partial charge in [0.2, 0.25) is 11.8 Å². The fraction of sp³-hybridized carbons (Fsp3) is 0.208. The number of benzene rings is 2. The van der Waals surface area contributed by atoms with Crippen LogP contribution in [-0.2, 0) is 16.1 Å². The molecule has 33 heavy (non-hydrogen) atoms. The Labute approximate surface area is 190 Å². The van der Waals surface area contributed by atoms with Gasteiger partial charge in [0.05, 0.1) is 6.54 Å². The van der Waals surface area contributed by atoms with Crippen molar-refractivity contribution in [3.05, 3.63) is 77.6 Å². The number of hydrogen-bond acceptors (Lipinski definition) is 6. The summed E-state index contributed by atoms with van der Waals surface area (Å²) in [6.07, 6.45) is 0. The number of anilines is 1. The van der Waals surface area contributed by atoms with Crippen molar-refractivity contribution in [1.29, 1.82) is 0 Å². The summed E-state index contributed by atoms with van der Waals surface area (Å²) in [6, 6.07) is 12.3. The lowest BCUT2D eigenvalue weighted by atomic mass is 9.97. The molecule has 0 saturated carbocycles. The lowest BCUT2D eigenvalue weighted by Gasteiger charge is -2.19. The number of fused-ring (bicyclic) bond motifs is 1. The van der Waals surface area contributed by atoms with E-state index in [-0.39, 0.29) is 29.9 Å². The maximum absolute atomic E-state index is 13.1. The number of aryl methyl sites for hydroxylation is 1. The van der Waals surface area contributed by atoms with Gasteiger partial charge in [0.15, 0.2) is 5.82 Å². The van der Waals surface area contributed by atoms with E-state index >= 15 is 0 Å². The molecule has 0 bridgehead atoms. The van der Waals surface area contributed by atoms with E-state index in [1.165, 1.54) is 11.8 Å². The summed E-state index contributed by atoms with van der Waals surface area (Å²) in [5.74, 6) is -0.198. The van der Waals surface area contributed by atoms with Crippen LogP contribution in [0.2, 0.25) is 0 Å². The molecular formula is C24H23N5O4. The molecule has 1 atom stereocenters. The third-order valence-electron chi connectivity index (χ3n) is 5.33. The molecule has 9 heteroatoms. The van der Waals surface area contributed by atoms with Gasteiger partial charge in [0, 0.05) is 18.2 Å². The topological polar surface area (TPSA) is 117 Å². The second-order valence-corrected chi connectivity index (χ2v) is 7.80. The summed E-state index contributed by atoms with van der Waals surface area (Å²) in [5.41, 5.74) is 3.82. The van der Waals surface area contributed by atoms with Gasteiger partial charge in [-0.25, -0.2) is 0 Å². The Hall–Kier alpha value is -4.27. The van der Waals surface area contributed by atoms with Crippen LogP contribution in [0.4, 0.5) is 5.69 Å². The summed E-state index contributed by atoms with van der Waals surface area (Å²) in [7, 11) is 0. The van der Waals surface area contributed by atoms with E-state index in [0.717, 1.165) is 16.7 Å². The van der Waals surface area contributed by atoms with Gasteiger partial charge in [0.25, 0.3) is 11.8 Å². The molecule has 0 fully saturated rings. The van der Waals surface area contributed by atoms with Crippen LogP contribution in [0.5, 0.6) is 0 Å². The zero-order chi connectivity index (χ0) is 23.7. The second kappa shape index (κ2) is 8.70. The Morgan fingerprint density at radius 2 is 1.85 bits per heavy atom. The van der Waals surface area contributed by atoms with Crippen molar-refractivity contribution in [3.8, 4) is 11.1 Å². The molecule has 4 rings (SSSR count). The second-order valence-electron chi connectivity index (χ2n) is 7.80. The standard InChI is InChI=1S/C24H23N5O4/c1-13(23-26-15(3)28-33-23)25-22(31)14(2)29-12-21-19(6-5-7-20(21)24(29)32)17-8-10-18(11-9-17)27-16(4)30/h5-11,13H,2,12H2,1,3-4H3,(H,25,31)(H,27,30). The number of rotatable bonds is 6. The SMILES string of the molecule is C=C(C(=O)NC(C)c1nc(C)no1)N1Cc2c(cccc2-c2ccc(NC(C)=O)cc2)C1=O. The van der Waals surface area contributed by atoms with Crippen LogP contribution in [0.25, 0.3) is 11.1 Å². The number of amides is 3. The Bertz CT molecular complexity index is 1260. The Balaban J connectivity index is 1.53. The van der Waals surface area contributed by atoms with E-state index in [1.807, 2.05) is 18.2 Å². The van der Waals surface area contributed by atoms with Gasteiger partial charge in [-0.05, 0) is 48.7 Å². The molecule has 3 aromatic rings. The first kappa shape index (κ1) is 21.9. The van der Waals surface area contributed by atoms with Crippen LogP contribution < -0.4 is 10.6 Å². The first-order valence-corrected chi connectivity index (χ1v) is 10.4. The first-order valence-electron chi connectivity index (χ1n) is 10.4. The third-order valence-corrected chi connectivity index (χ3v) is 5.33. The quantitative estimate of drug-likeness (QED) is 0.562. The molecule has 2 aromatic carbocycles. The van der Waals surface area contributed by atoms with Crippen LogP contribution in [0.15, 0.2) is 59.3 Å². The van der Waals surface area contributed by atoms with Crippen molar-refractivity contribution < 1.29 is 18.9 Å². The van der Waals surface area contributed by atoms with Crippen molar-refractivity contribution in [2.45, 2.75) is 33.4 Å². The number of nitrogens with zero attached hydrogens (tertiary/aromatic N) is 3. The number of nitrogens with one attached hydrogen (secondary N) is 2. The number of carbonyl (C=O) groups is 3. The molecule has 0 radical (unpaired) electrons. The lowest BCUT2D eigenvalue weighted by molar-refractivity contribution is -0.119. The highest BCUT2D eigenvalue weighted by Gasteiger charge is 2.33. The van der Waals surface area contributed by atoms with Crippen LogP contribution in [-0.4, -0.2) is 32.8 Å². The van der Waals surface area contributed by atoms with E-state index < -0.39 is 11.9 Å². The van der Waals surface area contributed by atoms with E-state index in [1.54, 1.807) is 38.1 Å². The van der Waals surface area contributed by atoms with Crippen molar-refractivity contribution in [3.63, 3.8) is 0 Å². The van der Waals surface area contributed by atoms with Crippen molar-refractivity contribution in [1.82, 2.24) is 20.4 Å². The van der Waals surface area contributed by atoms with E-state index in [2.05, 4.69) is 27.4 Å². The monoisotopic (exact) mass is 445 g/mol. The van der Waals surface area contributed by atoms with E-state index in [0.29, 0.717) is 17.1 Å². The fourth-order valence-corrected chi connectivity index (χ4v) is 3.71. The largest absolute Gasteiger partial charge is 0.339 e. The maximum Gasteiger partial charge on any atom is 0.268 e. The molecule has 2 N–H and O–H groups in total. The molecule has 1 aliphatic heterocycles. The lowest BCUT2D eigenvalue weighted by Crippen LogP contribution is -2.36. The normalized spacial score (nSPS) is 13.4. The van der Waals surface area contributed by atoms with Crippen molar-refractivity contribution >= 4 is 23.4 Å². The maximum atomic E-state index is 13.1. The van der Waals surface area contributed by atoms with E-state index in [4.69, 9.17) is 4.52 Å². The van der Waals surface area contributed by atoms with Gasteiger partial charge < -0.3 is 15.2 Å². The molecule has 1 aromatic heterocycles. The molecule has 0 saturated heterocycles. The van der Waals surface area contributed by atoms with Crippen molar-refractivity contribution in [2.75, 3.05) is 5.32 Å². The Morgan fingerprint density at radius 3 is 2.48 bits per heavy atom. The number of aromatic nitrogens is 2. The molecular weight excluding hydrogens is 422 g/mol. The molecule has 1 aliphatic rings. The summed E-state index contributed by atoms with van der Waals surface area (Å²) >= 11 is 0. The summed E-state index contributed by atoms with van der Waals surface area (Å²) in [4.78, 5) is 42.6. The minimum Gasteiger partial charge on any atom is -0.339 e. The summed E-state index contributed by atoms with van der Waals surface area (Å²) < 4.78 is 5.09. The zero-order valence-electron chi connectivity index (χ0n) is 18.5. The summed E-state index contributed by atoms with van der Waals surface area (Å²) in [5, 5.41) is 9.19. The highest BCUT2D eigenvalue weighted by molar-refractivity contribution is 6.06. The number of carbonyl (C=O) groups excluding carboxylic acids is 3. The van der Waals surface area contributed by atoms with Crippen molar-refractivity contribution in [2.24, 2.45) is 0 Å². The highest BCUT2D eigenvalue weighted by atomic mass is 16.5. The molecule has 2 heterocycles. The molecule has 1 unspecified atom stereocenters. The van der Waals surface area contributed by atoms with Gasteiger partial charge in [-0.15, -0.1) is 0 Å². The minimum absolute atomic E-state index is 0.0336. The van der Waals surface area contributed by atoms with Gasteiger partial charge in [-0.3, -0.25) is 19.3 Å². The van der Waals surface area contributed by atoms with Gasteiger partial charge in [0.1, 0.15) is 11.7 Å². The molecule has 0 aliphatic carbocycles. The van der Waals surface area contributed by atoms with Crippen LogP contribution in [0, 0.1) is 6.92 Å². The van der Waals surface area contributed by atoms with Gasteiger partial charge in [-0.1, -0.05) is 36.0 Å². The average molecular weight is 445 g/mol. The predicted octanol–water partition coefficient (Wildman–Crippen LogP) is 3.35. The third kappa shape index (κ3) is 4.38. The fourth-order valence-electron chi connectivity index (χ4n) is 3.71. The van der Waals surface area contributed by atoms with Gasteiger partial charge in [-0.2, -0.15) is 4.98 Å². The van der Waals surface area contributed by atoms with Gasteiger partial charge >= 0.3 is 0 Å². The molecule has 9 nitrogen and oxygen atoms in total. The highest BCUT2D eigenvalue weighted by Crippen LogP contribution is 2.34. The minimum atomic E-state index is -0.534. The van der Waals surface area contributed by atoms with Crippen LogP contribution in [0.3, 0.4) is 0 Å². The van der Waals surface area contributed by atoms with Crippen LogP contribution in [0.1, 0.15) is 47.5 Å². The molecule has 0 spiro atoms. The molecule has 3 amide bonds.